The zero-order valence-corrected chi connectivity index (χ0v) is 22.2. The number of hydrazine groups is 1. The highest BCUT2D eigenvalue weighted by molar-refractivity contribution is 5.79. The van der Waals surface area contributed by atoms with Crippen molar-refractivity contribution in [2.24, 2.45) is 17.9 Å². The van der Waals surface area contributed by atoms with E-state index < -0.39 is 11.7 Å². The number of nitrogens with zero attached hydrogens (tertiary/aromatic N) is 6. The Morgan fingerprint density at radius 3 is 2.77 bits per heavy atom. The lowest BCUT2D eigenvalue weighted by Crippen LogP contribution is -2.43. The number of guanidine groups is 1. The number of aliphatic imine (C=N–C) groups is 1. The highest BCUT2D eigenvalue weighted by Crippen LogP contribution is 2.28. The lowest BCUT2D eigenvalue weighted by atomic mass is 10.1. The lowest BCUT2D eigenvalue weighted by molar-refractivity contribution is -0.0881. The molecule has 0 aliphatic carbocycles. The van der Waals surface area contributed by atoms with E-state index in [0.29, 0.717) is 36.1 Å². The molecule has 3 rings (SSSR count). The summed E-state index contributed by atoms with van der Waals surface area (Å²) >= 11 is 0. The Hall–Kier alpha value is -4.39. The Morgan fingerprint density at radius 1 is 1.33 bits per heavy atom. The van der Waals surface area contributed by atoms with Gasteiger partial charge in [-0.3, -0.25) is 9.69 Å². The maximum absolute atomic E-state index is 12.9. The quantitative estimate of drug-likeness (QED) is 0.0956. The zero-order chi connectivity index (χ0) is 28.6. The van der Waals surface area contributed by atoms with E-state index in [1.165, 1.54) is 11.1 Å². The largest absolute Gasteiger partial charge is 0.492 e. The average Bonchev–Trinajstić information content (AvgIpc) is 3.51. The number of ether oxygens (including phenoxy) is 1. The van der Waals surface area contributed by atoms with E-state index in [0.717, 1.165) is 23.3 Å². The number of benzene rings is 1. The number of nitrogens with one attached hydrogen (secondary N) is 1. The maximum atomic E-state index is 12.9. The third-order valence-corrected chi connectivity index (χ3v) is 5.46. The summed E-state index contributed by atoms with van der Waals surface area (Å²) < 4.78 is 51.4. The van der Waals surface area contributed by atoms with Crippen LogP contribution in [-0.2, 0) is 24.9 Å². The lowest BCUT2D eigenvalue weighted by Gasteiger charge is -2.15. The molecule has 2 heterocycles. The fraction of sp³-hybridized carbons (Fsp3) is 0.308. The van der Waals surface area contributed by atoms with Crippen LogP contribution in [0.1, 0.15) is 25.1 Å². The van der Waals surface area contributed by atoms with E-state index in [9.17, 15) is 13.2 Å². The Balaban J connectivity index is 1.77. The maximum Gasteiger partial charge on any atom is 0.416 e. The SMILES string of the molecule is C=C/C(=C\C=C(/C)OCc1c(-c2nc(-c3cccc(CN=C(NCC)N(C)N)c3)no2)cnn1C)C(F)(F)F. The summed E-state index contributed by atoms with van der Waals surface area (Å²) in [6, 6.07) is 7.57. The van der Waals surface area contributed by atoms with Gasteiger partial charge in [-0.05, 0) is 37.6 Å². The third-order valence-electron chi connectivity index (χ3n) is 5.46. The molecule has 0 aliphatic rings. The van der Waals surface area contributed by atoms with Crippen LogP contribution in [0, 0.1) is 0 Å². The Morgan fingerprint density at radius 2 is 2.10 bits per heavy atom. The summed E-state index contributed by atoms with van der Waals surface area (Å²) in [5.41, 5.74) is 1.94. The Bertz CT molecular complexity index is 1370. The van der Waals surface area contributed by atoms with Gasteiger partial charge in [0.15, 0.2) is 0 Å². The van der Waals surface area contributed by atoms with Gasteiger partial charge < -0.3 is 14.6 Å². The van der Waals surface area contributed by atoms with E-state index in [4.69, 9.17) is 15.1 Å². The van der Waals surface area contributed by atoms with Crippen LogP contribution in [0.4, 0.5) is 13.2 Å². The van der Waals surface area contributed by atoms with Gasteiger partial charge in [-0.2, -0.15) is 23.3 Å². The number of hydrogen-bond donors (Lipinski definition) is 2. The minimum Gasteiger partial charge on any atom is -0.492 e. The van der Waals surface area contributed by atoms with E-state index >= 15 is 0 Å². The van der Waals surface area contributed by atoms with Gasteiger partial charge >= 0.3 is 6.18 Å². The molecule has 0 saturated carbocycles. The van der Waals surface area contributed by atoms with E-state index in [1.54, 1.807) is 31.9 Å². The molecule has 2 aromatic heterocycles. The van der Waals surface area contributed by atoms with E-state index in [2.05, 4.69) is 32.1 Å². The summed E-state index contributed by atoms with van der Waals surface area (Å²) in [6.07, 6.45) is -0.0444. The number of alkyl halides is 3. The summed E-state index contributed by atoms with van der Waals surface area (Å²) in [5, 5.41) is 12.9. The zero-order valence-electron chi connectivity index (χ0n) is 22.2. The topological polar surface area (TPSA) is 120 Å². The van der Waals surface area contributed by atoms with E-state index in [1.807, 2.05) is 31.2 Å². The van der Waals surface area contributed by atoms with Crippen molar-refractivity contribution < 1.29 is 22.4 Å². The Kier molecular flexibility index (Phi) is 9.66. The molecule has 0 fully saturated rings. The van der Waals surface area contributed by atoms with Gasteiger partial charge in [-0.1, -0.05) is 36.0 Å². The molecule has 10 nitrogen and oxygen atoms in total. The summed E-state index contributed by atoms with van der Waals surface area (Å²) in [4.78, 5) is 9.03. The molecule has 0 bridgehead atoms. The first-order valence-corrected chi connectivity index (χ1v) is 12.0. The van der Waals surface area contributed by atoms with Gasteiger partial charge in [0.25, 0.3) is 5.89 Å². The minimum absolute atomic E-state index is 0.0202. The number of halogens is 3. The molecule has 13 heteroatoms. The van der Waals surface area contributed by atoms with Gasteiger partial charge in [0.1, 0.15) is 6.61 Å². The van der Waals surface area contributed by atoms with Gasteiger partial charge in [0.2, 0.25) is 11.8 Å². The van der Waals surface area contributed by atoms with Gasteiger partial charge in [0, 0.05) is 26.2 Å². The van der Waals surface area contributed by atoms with Crippen LogP contribution in [0.5, 0.6) is 0 Å². The third kappa shape index (κ3) is 7.80. The van der Waals surface area contributed by atoms with Crippen molar-refractivity contribution in [3.63, 3.8) is 0 Å². The fourth-order valence-corrected chi connectivity index (χ4v) is 3.40. The second-order valence-corrected chi connectivity index (χ2v) is 8.42. The predicted octanol–water partition coefficient (Wildman–Crippen LogP) is 4.50. The van der Waals surface area contributed by atoms with Crippen molar-refractivity contribution in [3.8, 4) is 22.8 Å². The van der Waals surface area contributed by atoms with Crippen molar-refractivity contribution in [3.05, 3.63) is 77.9 Å². The summed E-state index contributed by atoms with van der Waals surface area (Å²) in [7, 11) is 3.42. The molecule has 0 aliphatic heterocycles. The molecule has 3 aromatic rings. The molecular weight excluding hydrogens is 513 g/mol. The molecule has 0 radical (unpaired) electrons. The highest BCUT2D eigenvalue weighted by atomic mass is 19.4. The van der Waals surface area contributed by atoms with Crippen LogP contribution >= 0.6 is 0 Å². The van der Waals surface area contributed by atoms with Crippen LogP contribution in [0.3, 0.4) is 0 Å². The number of allylic oxidation sites excluding steroid dienone is 5. The summed E-state index contributed by atoms with van der Waals surface area (Å²) in [6.45, 7) is 7.81. The number of rotatable bonds is 10. The standard InChI is InChI=1S/C26H31F3N8O2/c1-6-20(26(27,28)29)12-11-17(3)38-16-22-21(15-33-37(22)5)24-34-23(35-39-24)19-10-8-9-18(13-19)14-32-25(31-7-2)36(4)30/h6,8-13,15H,1,7,14,16,30H2,2-5H3,(H,31,32)/b17-11+,20-12+. The molecule has 0 atom stereocenters. The van der Waals surface area contributed by atoms with Gasteiger partial charge in [-0.15, -0.1) is 0 Å². The van der Waals surface area contributed by atoms with Gasteiger partial charge in [-0.25, -0.2) is 10.8 Å². The van der Waals surface area contributed by atoms with E-state index in [-0.39, 0.29) is 18.3 Å². The van der Waals surface area contributed by atoms with Crippen LogP contribution in [-0.4, -0.2) is 50.7 Å². The van der Waals surface area contributed by atoms with Crippen molar-refractivity contribution in [2.75, 3.05) is 13.6 Å². The molecule has 3 N–H and O–H groups in total. The van der Waals surface area contributed by atoms with Crippen molar-refractivity contribution in [1.29, 1.82) is 0 Å². The average molecular weight is 545 g/mol. The fourth-order valence-electron chi connectivity index (χ4n) is 3.40. The minimum atomic E-state index is -4.49. The monoisotopic (exact) mass is 544 g/mol. The molecular formula is C26H31F3N8O2. The van der Waals surface area contributed by atoms with Crippen LogP contribution in [0.2, 0.25) is 0 Å². The van der Waals surface area contributed by atoms with Gasteiger partial charge in [0.05, 0.1) is 35.3 Å². The first kappa shape index (κ1) is 29.2. The normalized spacial score (nSPS) is 13.0. The second kappa shape index (κ2) is 12.9. The second-order valence-electron chi connectivity index (χ2n) is 8.42. The first-order valence-electron chi connectivity index (χ1n) is 12.0. The predicted molar refractivity (Wildman–Crippen MR) is 142 cm³/mol. The molecule has 0 saturated heterocycles. The molecule has 208 valence electrons. The molecule has 0 unspecified atom stereocenters. The molecule has 39 heavy (non-hydrogen) atoms. The molecule has 0 amide bonds. The number of aromatic nitrogens is 4. The van der Waals surface area contributed by atoms with Crippen molar-refractivity contribution >= 4 is 5.96 Å². The van der Waals surface area contributed by atoms with Crippen LogP contribution in [0.25, 0.3) is 22.8 Å². The smallest absolute Gasteiger partial charge is 0.416 e. The van der Waals surface area contributed by atoms with Crippen molar-refractivity contribution in [1.82, 2.24) is 30.2 Å². The summed E-state index contributed by atoms with van der Waals surface area (Å²) in [5.74, 6) is 7.25. The Labute approximate surface area is 224 Å². The molecule has 0 spiro atoms. The first-order chi connectivity index (χ1) is 18.5. The van der Waals surface area contributed by atoms with Crippen LogP contribution in [0.15, 0.2) is 76.1 Å². The number of hydrogen-bond acceptors (Lipinski definition) is 7. The number of aryl methyl sites for hydroxylation is 1. The molecule has 1 aromatic carbocycles. The number of nitrogens with two attached hydrogens (primary N) is 1. The highest BCUT2D eigenvalue weighted by Gasteiger charge is 2.30. The van der Waals surface area contributed by atoms with Crippen LogP contribution < -0.4 is 11.2 Å². The van der Waals surface area contributed by atoms with Crippen molar-refractivity contribution in [2.45, 2.75) is 33.2 Å².